The Kier molecular flexibility index (Phi) is 7.22. The number of halogens is 2. The molecule has 0 saturated carbocycles. The van der Waals surface area contributed by atoms with Gasteiger partial charge in [0.05, 0.1) is 18.6 Å². The Morgan fingerprint density at radius 2 is 1.93 bits per heavy atom. The highest BCUT2D eigenvalue weighted by Crippen LogP contribution is 2.33. The highest BCUT2D eigenvalue weighted by molar-refractivity contribution is 9.11. The molecule has 1 atom stereocenters. The Hall–Kier alpha value is -1.89. The normalized spacial score (nSPS) is 18.1. The van der Waals surface area contributed by atoms with Gasteiger partial charge in [0, 0.05) is 8.95 Å². The Morgan fingerprint density at radius 1 is 1.17 bits per heavy atom. The second kappa shape index (κ2) is 9.50. The maximum absolute atomic E-state index is 12.7. The molecule has 1 aliphatic rings. The average Bonchev–Trinajstić information content (AvgIpc) is 3.02. The van der Waals surface area contributed by atoms with Gasteiger partial charge < -0.3 is 14.2 Å². The third kappa shape index (κ3) is 5.42. The minimum Gasteiger partial charge on any atom is -0.493 e. The molecular weight excluding hydrogens is 562 g/mol. The van der Waals surface area contributed by atoms with Crippen LogP contribution in [0.1, 0.15) is 12.5 Å². The van der Waals surface area contributed by atoms with Crippen LogP contribution in [0.4, 0.5) is 0 Å². The first-order valence-electron chi connectivity index (χ1n) is 8.36. The highest BCUT2D eigenvalue weighted by Gasteiger charge is 2.26. The Morgan fingerprint density at radius 3 is 2.60 bits per heavy atom. The van der Waals surface area contributed by atoms with Crippen molar-refractivity contribution >= 4 is 71.0 Å². The fourth-order valence-electron chi connectivity index (χ4n) is 2.32. The number of carbonyl (C=O) groups excluding carboxylic acids is 1. The van der Waals surface area contributed by atoms with E-state index in [0.717, 1.165) is 0 Å². The van der Waals surface area contributed by atoms with Crippen molar-refractivity contribution in [3.05, 3.63) is 50.9 Å². The van der Waals surface area contributed by atoms with Gasteiger partial charge in [-0.15, -0.1) is 5.10 Å². The number of methoxy groups -OCH3 is 1. The van der Waals surface area contributed by atoms with Crippen LogP contribution in [0.15, 0.2) is 60.4 Å². The van der Waals surface area contributed by atoms with Crippen LogP contribution in [-0.2, 0) is 14.9 Å². The van der Waals surface area contributed by atoms with Crippen molar-refractivity contribution in [1.29, 1.82) is 0 Å². The van der Waals surface area contributed by atoms with Gasteiger partial charge in [-0.1, -0.05) is 27.7 Å². The summed E-state index contributed by atoms with van der Waals surface area (Å²) in [6.07, 6.45) is 1.45. The monoisotopic (exact) mass is 575 g/mol. The van der Waals surface area contributed by atoms with Crippen LogP contribution in [0.3, 0.4) is 0 Å². The first kappa shape index (κ1) is 22.8. The molecule has 0 spiro atoms. The summed E-state index contributed by atoms with van der Waals surface area (Å²) in [6.45, 7) is 1.77. The van der Waals surface area contributed by atoms with E-state index in [4.69, 9.17) is 8.92 Å². The van der Waals surface area contributed by atoms with E-state index in [1.807, 2.05) is 0 Å². The van der Waals surface area contributed by atoms with Crippen molar-refractivity contribution in [2.24, 2.45) is 10.2 Å². The van der Waals surface area contributed by atoms with Gasteiger partial charge in [0.15, 0.2) is 16.7 Å². The minimum absolute atomic E-state index is 0.0225. The van der Waals surface area contributed by atoms with Crippen molar-refractivity contribution in [2.45, 2.75) is 17.1 Å². The molecule has 1 saturated heterocycles. The molecule has 0 aromatic heterocycles. The second-order valence-corrected chi connectivity index (χ2v) is 10.5. The number of carbonyl (C=O) groups is 1. The Balaban J connectivity index is 1.81. The molecule has 1 heterocycles. The van der Waals surface area contributed by atoms with Crippen molar-refractivity contribution in [1.82, 2.24) is 5.32 Å². The minimum atomic E-state index is -4.11. The van der Waals surface area contributed by atoms with E-state index in [9.17, 15) is 13.2 Å². The number of amides is 1. The zero-order chi connectivity index (χ0) is 21.9. The fourth-order valence-corrected chi connectivity index (χ4v) is 5.47. The standard InChI is InChI=1S/C18H15Br2N3O5S2/c1-10-17(24)22-18(29-10)23-21-9-11-3-6-14(15(7-11)27-2)28-30(25,26)16-8-12(19)4-5-13(16)20/h3-10H,1-2H3,(H,22,23,24)/b21-9-/t10-/m0/s1. The molecule has 2 aromatic rings. The molecule has 0 unspecified atom stereocenters. The quantitative estimate of drug-likeness (QED) is 0.317. The number of hydrogen-bond donors (Lipinski definition) is 1. The third-order valence-electron chi connectivity index (χ3n) is 3.79. The van der Waals surface area contributed by atoms with Gasteiger partial charge in [-0.2, -0.15) is 13.5 Å². The van der Waals surface area contributed by atoms with Crippen LogP contribution in [-0.4, -0.2) is 38.1 Å². The first-order chi connectivity index (χ1) is 14.2. The van der Waals surface area contributed by atoms with Crippen molar-refractivity contribution in [2.75, 3.05) is 7.11 Å². The van der Waals surface area contributed by atoms with E-state index in [-0.39, 0.29) is 27.6 Å². The maximum Gasteiger partial charge on any atom is 0.340 e. The van der Waals surface area contributed by atoms with Crippen LogP contribution in [0.2, 0.25) is 0 Å². The van der Waals surface area contributed by atoms with Gasteiger partial charge in [0.25, 0.3) is 0 Å². The molecule has 12 heteroatoms. The van der Waals surface area contributed by atoms with E-state index in [0.29, 0.717) is 19.7 Å². The molecule has 1 aliphatic heterocycles. The number of amidine groups is 1. The third-order valence-corrected chi connectivity index (χ3v) is 7.49. The second-order valence-electron chi connectivity index (χ2n) is 5.92. The molecule has 1 amide bonds. The molecule has 2 aromatic carbocycles. The predicted octanol–water partition coefficient (Wildman–Crippen LogP) is 3.93. The van der Waals surface area contributed by atoms with Crippen LogP contribution >= 0.6 is 43.6 Å². The summed E-state index contributed by atoms with van der Waals surface area (Å²) in [6, 6.07) is 9.38. The number of benzene rings is 2. The number of thioether (sulfide) groups is 1. The summed E-state index contributed by atoms with van der Waals surface area (Å²) in [5.41, 5.74) is 0.604. The predicted molar refractivity (Wildman–Crippen MR) is 123 cm³/mol. The number of nitrogens with one attached hydrogen (secondary N) is 1. The van der Waals surface area contributed by atoms with Crippen LogP contribution in [0.25, 0.3) is 0 Å². The van der Waals surface area contributed by atoms with Gasteiger partial charge >= 0.3 is 10.1 Å². The van der Waals surface area contributed by atoms with Gasteiger partial charge in [0.1, 0.15) is 4.90 Å². The summed E-state index contributed by atoms with van der Waals surface area (Å²) in [4.78, 5) is 11.4. The van der Waals surface area contributed by atoms with Crippen LogP contribution < -0.4 is 14.2 Å². The first-order valence-corrected chi connectivity index (χ1v) is 12.2. The zero-order valence-corrected chi connectivity index (χ0v) is 20.4. The summed E-state index contributed by atoms with van der Waals surface area (Å²) in [7, 11) is -2.71. The summed E-state index contributed by atoms with van der Waals surface area (Å²) < 4.78 is 36.9. The smallest absolute Gasteiger partial charge is 0.340 e. The van der Waals surface area contributed by atoms with E-state index < -0.39 is 10.1 Å². The lowest BCUT2D eigenvalue weighted by atomic mass is 10.2. The Bertz CT molecular complexity index is 1150. The summed E-state index contributed by atoms with van der Waals surface area (Å²) >= 11 is 7.76. The molecular formula is C18H15Br2N3O5S2. The van der Waals surface area contributed by atoms with Gasteiger partial charge in [-0.3, -0.25) is 4.79 Å². The summed E-state index contributed by atoms with van der Waals surface area (Å²) in [5, 5.41) is 10.7. The molecule has 1 fully saturated rings. The molecule has 8 nitrogen and oxygen atoms in total. The molecule has 158 valence electrons. The summed E-state index contributed by atoms with van der Waals surface area (Å²) in [5.74, 6) is 0.120. The lowest BCUT2D eigenvalue weighted by molar-refractivity contribution is -0.118. The molecule has 3 rings (SSSR count). The lowest BCUT2D eigenvalue weighted by Crippen LogP contribution is -2.23. The number of nitrogens with zero attached hydrogens (tertiary/aromatic N) is 2. The van der Waals surface area contributed by atoms with Gasteiger partial charge in [-0.05, 0) is 64.8 Å². The topological polar surface area (TPSA) is 106 Å². The zero-order valence-electron chi connectivity index (χ0n) is 15.6. The molecule has 30 heavy (non-hydrogen) atoms. The lowest BCUT2D eigenvalue weighted by Gasteiger charge is -2.12. The SMILES string of the molecule is COc1cc(/C=N\N=C2/NC(=O)[C@H](C)S2)ccc1OS(=O)(=O)c1cc(Br)ccc1Br. The van der Waals surface area contributed by atoms with E-state index in [2.05, 4.69) is 47.4 Å². The van der Waals surface area contributed by atoms with Crippen molar-refractivity contribution in [3.63, 3.8) is 0 Å². The number of rotatable bonds is 6. The largest absolute Gasteiger partial charge is 0.493 e. The highest BCUT2D eigenvalue weighted by atomic mass is 79.9. The van der Waals surface area contributed by atoms with E-state index >= 15 is 0 Å². The molecule has 0 radical (unpaired) electrons. The number of hydrogen-bond acceptors (Lipinski definition) is 8. The van der Waals surface area contributed by atoms with E-state index in [1.54, 1.807) is 31.2 Å². The van der Waals surface area contributed by atoms with Crippen LogP contribution in [0.5, 0.6) is 11.5 Å². The van der Waals surface area contributed by atoms with Crippen LogP contribution in [0, 0.1) is 0 Å². The Labute approximate surface area is 194 Å². The van der Waals surface area contributed by atoms with Gasteiger partial charge in [0.2, 0.25) is 5.91 Å². The molecule has 0 aliphatic carbocycles. The molecule has 1 N–H and O–H groups in total. The van der Waals surface area contributed by atoms with Crippen molar-refractivity contribution in [3.8, 4) is 11.5 Å². The van der Waals surface area contributed by atoms with E-state index in [1.165, 1.54) is 37.2 Å². The fraction of sp³-hybridized carbons (Fsp3) is 0.167. The number of ether oxygens (including phenoxy) is 1. The van der Waals surface area contributed by atoms with Gasteiger partial charge in [-0.25, -0.2) is 0 Å². The van der Waals surface area contributed by atoms with Crippen molar-refractivity contribution < 1.29 is 22.1 Å². The molecule has 0 bridgehead atoms. The maximum atomic E-state index is 12.7. The average molecular weight is 577 g/mol.